The van der Waals surface area contributed by atoms with Crippen LogP contribution in [0.3, 0.4) is 0 Å². The maximum atomic E-state index is 11.8. The molecule has 4 heteroatoms. The molecular weight excluding hydrogens is 180 g/mol. The minimum atomic E-state index is -0.499. The second kappa shape index (κ2) is 4.09. The zero-order valence-electron chi connectivity index (χ0n) is 9.20. The van der Waals surface area contributed by atoms with Crippen LogP contribution in [0.4, 0.5) is 0 Å². The number of amides is 1. The van der Waals surface area contributed by atoms with Crippen molar-refractivity contribution in [3.63, 3.8) is 0 Å². The maximum absolute atomic E-state index is 11.8. The number of rotatable bonds is 2. The Morgan fingerprint density at radius 3 is 2.57 bits per heavy atom. The van der Waals surface area contributed by atoms with E-state index in [0.717, 1.165) is 6.42 Å². The Bertz CT molecular complexity index is 253. The van der Waals surface area contributed by atoms with E-state index in [9.17, 15) is 9.59 Å². The second-order valence-electron chi connectivity index (χ2n) is 4.02. The Hall–Kier alpha value is -0.900. The van der Waals surface area contributed by atoms with E-state index in [4.69, 9.17) is 0 Å². The van der Waals surface area contributed by atoms with E-state index in [2.05, 4.69) is 5.32 Å². The van der Waals surface area contributed by atoms with E-state index in [0.29, 0.717) is 0 Å². The molecule has 4 nitrogen and oxygen atoms in total. The molecule has 0 aliphatic carbocycles. The molecule has 80 valence electrons. The SMILES string of the molecule is CNC1CC(C)N(C)C(=O)C1C(C)=O. The molecule has 1 rings (SSSR count). The summed E-state index contributed by atoms with van der Waals surface area (Å²) in [6.07, 6.45) is 0.836. The fourth-order valence-electron chi connectivity index (χ4n) is 2.01. The minimum Gasteiger partial charge on any atom is -0.342 e. The number of likely N-dealkylation sites (tertiary alicyclic amines) is 1. The summed E-state index contributed by atoms with van der Waals surface area (Å²) in [5.74, 6) is -0.607. The first kappa shape index (κ1) is 11.2. The van der Waals surface area contributed by atoms with Gasteiger partial charge in [0.05, 0.1) is 0 Å². The lowest BCUT2D eigenvalue weighted by Gasteiger charge is -2.39. The number of ketones is 1. The van der Waals surface area contributed by atoms with Crippen molar-refractivity contribution in [3.8, 4) is 0 Å². The molecule has 1 heterocycles. The molecule has 1 aliphatic rings. The highest BCUT2D eigenvalue weighted by Gasteiger charge is 2.40. The second-order valence-corrected chi connectivity index (χ2v) is 4.02. The van der Waals surface area contributed by atoms with Gasteiger partial charge in [0.25, 0.3) is 0 Å². The molecule has 0 aromatic carbocycles. The van der Waals surface area contributed by atoms with Gasteiger partial charge in [-0.25, -0.2) is 0 Å². The summed E-state index contributed by atoms with van der Waals surface area (Å²) in [4.78, 5) is 24.8. The van der Waals surface area contributed by atoms with Crippen molar-refractivity contribution in [1.29, 1.82) is 0 Å². The van der Waals surface area contributed by atoms with Crippen molar-refractivity contribution in [2.45, 2.75) is 32.4 Å². The number of carbonyl (C=O) groups is 2. The third-order valence-corrected chi connectivity index (χ3v) is 3.08. The molecule has 0 bridgehead atoms. The molecular formula is C10H18N2O2. The third kappa shape index (κ3) is 1.80. The highest BCUT2D eigenvalue weighted by molar-refractivity contribution is 6.01. The number of nitrogens with zero attached hydrogens (tertiary/aromatic N) is 1. The van der Waals surface area contributed by atoms with E-state index in [1.54, 1.807) is 19.0 Å². The van der Waals surface area contributed by atoms with Crippen molar-refractivity contribution in [2.24, 2.45) is 5.92 Å². The predicted octanol–water partition coefficient (Wildman–Crippen LogP) is 0.0302. The zero-order chi connectivity index (χ0) is 10.9. The van der Waals surface area contributed by atoms with Gasteiger partial charge in [-0.3, -0.25) is 9.59 Å². The average Bonchev–Trinajstić information content (AvgIpc) is 2.12. The Morgan fingerprint density at radius 1 is 1.57 bits per heavy atom. The van der Waals surface area contributed by atoms with Gasteiger partial charge in [0.2, 0.25) is 5.91 Å². The molecule has 1 saturated heterocycles. The van der Waals surface area contributed by atoms with Crippen molar-refractivity contribution < 1.29 is 9.59 Å². The number of hydrogen-bond acceptors (Lipinski definition) is 3. The van der Waals surface area contributed by atoms with Gasteiger partial charge in [0.1, 0.15) is 11.7 Å². The number of piperidine rings is 1. The summed E-state index contributed by atoms with van der Waals surface area (Å²) in [5.41, 5.74) is 0. The quantitative estimate of drug-likeness (QED) is 0.637. The smallest absolute Gasteiger partial charge is 0.234 e. The largest absolute Gasteiger partial charge is 0.342 e. The lowest BCUT2D eigenvalue weighted by atomic mass is 9.85. The van der Waals surface area contributed by atoms with Crippen molar-refractivity contribution in [3.05, 3.63) is 0 Å². The van der Waals surface area contributed by atoms with Crippen LogP contribution in [0.15, 0.2) is 0 Å². The number of nitrogens with one attached hydrogen (secondary N) is 1. The van der Waals surface area contributed by atoms with E-state index < -0.39 is 5.92 Å². The third-order valence-electron chi connectivity index (χ3n) is 3.08. The van der Waals surface area contributed by atoms with Crippen LogP contribution in [-0.4, -0.2) is 42.8 Å². The van der Waals surface area contributed by atoms with Gasteiger partial charge in [-0.05, 0) is 27.3 Å². The normalized spacial score (nSPS) is 33.3. The van der Waals surface area contributed by atoms with E-state index in [1.807, 2.05) is 6.92 Å². The van der Waals surface area contributed by atoms with Crippen LogP contribution < -0.4 is 5.32 Å². The van der Waals surface area contributed by atoms with Gasteiger partial charge in [-0.1, -0.05) is 0 Å². The summed E-state index contributed by atoms with van der Waals surface area (Å²) >= 11 is 0. The van der Waals surface area contributed by atoms with Crippen LogP contribution in [0.5, 0.6) is 0 Å². The van der Waals surface area contributed by atoms with Crippen LogP contribution in [0.1, 0.15) is 20.3 Å². The fraction of sp³-hybridized carbons (Fsp3) is 0.800. The molecule has 0 aromatic rings. The van der Waals surface area contributed by atoms with Crippen LogP contribution in [0.25, 0.3) is 0 Å². The molecule has 3 unspecified atom stereocenters. The Kier molecular flexibility index (Phi) is 3.26. The lowest BCUT2D eigenvalue weighted by molar-refractivity contribution is -0.146. The maximum Gasteiger partial charge on any atom is 0.234 e. The lowest BCUT2D eigenvalue weighted by Crippen LogP contribution is -2.56. The topological polar surface area (TPSA) is 49.4 Å². The first-order valence-corrected chi connectivity index (χ1v) is 4.93. The highest BCUT2D eigenvalue weighted by Crippen LogP contribution is 2.22. The van der Waals surface area contributed by atoms with Gasteiger partial charge in [-0.2, -0.15) is 0 Å². The molecule has 14 heavy (non-hydrogen) atoms. The van der Waals surface area contributed by atoms with Gasteiger partial charge in [0.15, 0.2) is 0 Å². The van der Waals surface area contributed by atoms with Crippen molar-refractivity contribution >= 4 is 11.7 Å². The zero-order valence-corrected chi connectivity index (χ0v) is 9.20. The Morgan fingerprint density at radius 2 is 2.14 bits per heavy atom. The highest BCUT2D eigenvalue weighted by atomic mass is 16.2. The molecule has 1 aliphatic heterocycles. The van der Waals surface area contributed by atoms with E-state index in [-0.39, 0.29) is 23.8 Å². The summed E-state index contributed by atoms with van der Waals surface area (Å²) in [5, 5.41) is 3.05. The van der Waals surface area contributed by atoms with E-state index >= 15 is 0 Å². The Balaban J connectivity index is 2.89. The van der Waals surface area contributed by atoms with Crippen LogP contribution in [0.2, 0.25) is 0 Å². The molecule has 0 spiro atoms. The standard InChI is InChI=1S/C10H18N2O2/c1-6-5-8(11-3)9(7(2)13)10(14)12(6)4/h6,8-9,11H,5H2,1-4H3. The molecule has 1 fully saturated rings. The van der Waals surface area contributed by atoms with E-state index in [1.165, 1.54) is 6.92 Å². The van der Waals surface area contributed by atoms with Gasteiger partial charge >= 0.3 is 0 Å². The predicted molar refractivity (Wildman–Crippen MR) is 53.9 cm³/mol. The summed E-state index contributed by atoms with van der Waals surface area (Å²) in [6.45, 7) is 3.48. The summed E-state index contributed by atoms with van der Waals surface area (Å²) < 4.78 is 0. The van der Waals surface area contributed by atoms with Gasteiger partial charge in [0, 0.05) is 19.1 Å². The van der Waals surface area contributed by atoms with Crippen LogP contribution >= 0.6 is 0 Å². The Labute approximate surface area is 84.7 Å². The van der Waals surface area contributed by atoms with Gasteiger partial charge in [-0.15, -0.1) is 0 Å². The average molecular weight is 198 g/mol. The number of carbonyl (C=O) groups excluding carboxylic acids is 2. The van der Waals surface area contributed by atoms with Crippen molar-refractivity contribution in [2.75, 3.05) is 14.1 Å². The molecule has 3 atom stereocenters. The molecule has 0 radical (unpaired) electrons. The first-order chi connectivity index (χ1) is 6.49. The molecule has 0 aromatic heterocycles. The summed E-state index contributed by atoms with van der Waals surface area (Å²) in [6, 6.07) is 0.196. The summed E-state index contributed by atoms with van der Waals surface area (Å²) in [7, 11) is 3.56. The number of hydrogen-bond donors (Lipinski definition) is 1. The van der Waals surface area contributed by atoms with Crippen LogP contribution in [0, 0.1) is 5.92 Å². The fourth-order valence-corrected chi connectivity index (χ4v) is 2.01. The molecule has 0 saturated carbocycles. The first-order valence-electron chi connectivity index (χ1n) is 4.93. The van der Waals surface area contributed by atoms with Crippen molar-refractivity contribution in [1.82, 2.24) is 10.2 Å². The molecule has 1 amide bonds. The minimum absolute atomic E-state index is 0.00815. The molecule has 1 N–H and O–H groups in total. The monoisotopic (exact) mass is 198 g/mol. The number of Topliss-reactive ketones (excluding diaryl/α,β-unsaturated/α-hetero) is 1. The van der Waals surface area contributed by atoms with Crippen LogP contribution in [-0.2, 0) is 9.59 Å². The van der Waals surface area contributed by atoms with Gasteiger partial charge < -0.3 is 10.2 Å².